The van der Waals surface area contributed by atoms with Crippen LogP contribution in [-0.2, 0) is 0 Å². The molecule has 0 aromatic rings. The van der Waals surface area contributed by atoms with Gasteiger partial charge in [-0.15, -0.1) is 0 Å². The Balaban J connectivity index is 4.13. The Morgan fingerprint density at radius 3 is 1.62 bits per heavy atom. The van der Waals surface area contributed by atoms with Crippen molar-refractivity contribution in [1.82, 2.24) is 0 Å². The maximum atomic E-state index is 6.32. The molecule has 0 radical (unpaired) electrons. The first-order chi connectivity index (χ1) is 7.60. The molecule has 16 heavy (non-hydrogen) atoms. The lowest BCUT2D eigenvalue weighted by atomic mass is 9.73. The second-order valence-electron chi connectivity index (χ2n) is 5.58. The third kappa shape index (κ3) is 5.89. The van der Waals surface area contributed by atoms with Gasteiger partial charge in [-0.05, 0) is 24.7 Å². The Bertz CT molecular complexity index is 144. The van der Waals surface area contributed by atoms with Gasteiger partial charge in [0.25, 0.3) is 0 Å². The summed E-state index contributed by atoms with van der Waals surface area (Å²) in [7, 11) is 0. The van der Waals surface area contributed by atoms with E-state index in [1.807, 2.05) is 0 Å². The van der Waals surface area contributed by atoms with Crippen LogP contribution in [0, 0.1) is 5.41 Å². The lowest BCUT2D eigenvalue weighted by molar-refractivity contribution is 0.194. The fourth-order valence-electron chi connectivity index (χ4n) is 2.55. The van der Waals surface area contributed by atoms with E-state index in [0.29, 0.717) is 11.5 Å². The summed E-state index contributed by atoms with van der Waals surface area (Å²) >= 11 is 0. The number of hydrogen-bond acceptors (Lipinski definition) is 1. The molecule has 0 aliphatic heterocycles. The van der Waals surface area contributed by atoms with Crippen molar-refractivity contribution in [2.45, 2.75) is 91.5 Å². The van der Waals surface area contributed by atoms with Gasteiger partial charge in [0.15, 0.2) is 0 Å². The Labute approximate surface area is 103 Å². The number of rotatable bonds is 10. The number of unbranched alkanes of at least 4 members (excludes halogenated alkanes) is 4. The fraction of sp³-hybridized carbons (Fsp3) is 1.00. The summed E-state index contributed by atoms with van der Waals surface area (Å²) in [6.07, 6.45) is 11.8. The molecule has 1 heteroatoms. The highest BCUT2D eigenvalue weighted by Crippen LogP contribution is 2.35. The van der Waals surface area contributed by atoms with E-state index in [2.05, 4.69) is 27.7 Å². The van der Waals surface area contributed by atoms with E-state index in [4.69, 9.17) is 5.73 Å². The van der Waals surface area contributed by atoms with Crippen molar-refractivity contribution < 1.29 is 0 Å². The zero-order chi connectivity index (χ0) is 12.4. The molecule has 0 heterocycles. The smallest absolute Gasteiger partial charge is 0.00902 e. The summed E-state index contributed by atoms with van der Waals surface area (Å²) in [6.45, 7) is 9.18. The molecule has 0 saturated carbocycles. The molecule has 0 saturated heterocycles. The predicted octanol–water partition coefficient (Wildman–Crippen LogP) is 4.89. The van der Waals surface area contributed by atoms with Crippen molar-refractivity contribution in [3.63, 3.8) is 0 Å². The first kappa shape index (κ1) is 16.0. The van der Waals surface area contributed by atoms with E-state index in [0.717, 1.165) is 6.42 Å². The topological polar surface area (TPSA) is 26.0 Å². The van der Waals surface area contributed by atoms with Crippen LogP contribution in [0.2, 0.25) is 0 Å². The molecule has 0 rings (SSSR count). The van der Waals surface area contributed by atoms with E-state index in [1.165, 1.54) is 51.4 Å². The average Bonchev–Trinajstić information content (AvgIpc) is 2.28. The van der Waals surface area contributed by atoms with Crippen LogP contribution in [-0.4, -0.2) is 6.04 Å². The van der Waals surface area contributed by atoms with Gasteiger partial charge in [0.05, 0.1) is 0 Å². The summed E-state index contributed by atoms with van der Waals surface area (Å²) in [4.78, 5) is 0. The molecule has 0 aromatic carbocycles. The van der Waals surface area contributed by atoms with E-state index in [1.54, 1.807) is 0 Å². The summed E-state index contributed by atoms with van der Waals surface area (Å²) < 4.78 is 0. The van der Waals surface area contributed by atoms with Crippen molar-refractivity contribution in [2.24, 2.45) is 11.1 Å². The van der Waals surface area contributed by atoms with Crippen molar-refractivity contribution in [3.05, 3.63) is 0 Å². The molecule has 1 nitrogen and oxygen atoms in total. The largest absolute Gasteiger partial charge is 0.327 e. The van der Waals surface area contributed by atoms with Gasteiger partial charge in [-0.2, -0.15) is 0 Å². The first-order valence-corrected chi connectivity index (χ1v) is 7.36. The molecule has 98 valence electrons. The van der Waals surface area contributed by atoms with Crippen LogP contribution in [0.3, 0.4) is 0 Å². The van der Waals surface area contributed by atoms with Crippen molar-refractivity contribution >= 4 is 0 Å². The van der Waals surface area contributed by atoms with E-state index < -0.39 is 0 Å². The lowest BCUT2D eigenvalue weighted by Crippen LogP contribution is -2.39. The number of nitrogens with two attached hydrogens (primary N) is 1. The predicted molar refractivity (Wildman–Crippen MR) is 74.7 cm³/mol. The zero-order valence-corrected chi connectivity index (χ0v) is 12.0. The van der Waals surface area contributed by atoms with Crippen molar-refractivity contribution in [3.8, 4) is 0 Å². The van der Waals surface area contributed by atoms with E-state index in [9.17, 15) is 0 Å². The van der Waals surface area contributed by atoms with E-state index >= 15 is 0 Å². The highest BCUT2D eigenvalue weighted by molar-refractivity contribution is 4.84. The molecule has 0 aromatic heterocycles. The Kier molecular flexibility index (Phi) is 9.02. The zero-order valence-electron chi connectivity index (χ0n) is 12.0. The van der Waals surface area contributed by atoms with Crippen molar-refractivity contribution in [2.75, 3.05) is 0 Å². The summed E-state index contributed by atoms with van der Waals surface area (Å²) in [5, 5.41) is 0. The second-order valence-corrected chi connectivity index (χ2v) is 5.58. The molecule has 1 atom stereocenters. The second kappa shape index (κ2) is 9.04. The van der Waals surface area contributed by atoms with Gasteiger partial charge in [-0.25, -0.2) is 0 Å². The minimum absolute atomic E-state index is 0.388. The van der Waals surface area contributed by atoms with Crippen LogP contribution in [0.15, 0.2) is 0 Å². The van der Waals surface area contributed by atoms with Gasteiger partial charge in [-0.3, -0.25) is 0 Å². The van der Waals surface area contributed by atoms with Crippen molar-refractivity contribution in [1.29, 1.82) is 0 Å². The van der Waals surface area contributed by atoms with Gasteiger partial charge in [0.2, 0.25) is 0 Å². The maximum absolute atomic E-state index is 6.32. The standard InChI is InChI=1S/C15H33N/c1-5-8-10-12-15(4,14(16)7-3)13-11-9-6-2/h14H,5-13,16H2,1-4H3. The van der Waals surface area contributed by atoms with Crippen LogP contribution >= 0.6 is 0 Å². The normalized spacial score (nSPS) is 14.1. The molecule has 0 amide bonds. The molecule has 0 fully saturated rings. The fourth-order valence-corrected chi connectivity index (χ4v) is 2.55. The molecular weight excluding hydrogens is 194 g/mol. The highest BCUT2D eigenvalue weighted by atomic mass is 14.7. The third-order valence-corrected chi connectivity index (χ3v) is 4.04. The SMILES string of the molecule is CCCCCC(C)(CCCCC)C(N)CC. The number of hydrogen-bond donors (Lipinski definition) is 1. The summed E-state index contributed by atoms with van der Waals surface area (Å²) in [5.41, 5.74) is 6.70. The van der Waals surface area contributed by atoms with Gasteiger partial charge in [0, 0.05) is 6.04 Å². The molecule has 0 aliphatic carbocycles. The van der Waals surface area contributed by atoms with Crippen LogP contribution in [0.5, 0.6) is 0 Å². The first-order valence-electron chi connectivity index (χ1n) is 7.36. The molecule has 0 aliphatic rings. The van der Waals surface area contributed by atoms with Crippen LogP contribution in [0.25, 0.3) is 0 Å². The Hall–Kier alpha value is -0.0400. The minimum Gasteiger partial charge on any atom is -0.327 e. The Morgan fingerprint density at radius 2 is 1.31 bits per heavy atom. The van der Waals surface area contributed by atoms with Crippen LogP contribution in [0.1, 0.15) is 85.5 Å². The van der Waals surface area contributed by atoms with Crippen LogP contribution in [0.4, 0.5) is 0 Å². The average molecular weight is 227 g/mol. The van der Waals surface area contributed by atoms with E-state index in [-0.39, 0.29) is 0 Å². The van der Waals surface area contributed by atoms with Crippen LogP contribution < -0.4 is 5.73 Å². The lowest BCUT2D eigenvalue weighted by Gasteiger charge is -2.35. The quantitative estimate of drug-likeness (QED) is 0.528. The molecule has 0 spiro atoms. The van der Waals surface area contributed by atoms with Gasteiger partial charge in [-0.1, -0.05) is 66.2 Å². The van der Waals surface area contributed by atoms with Gasteiger partial charge in [0.1, 0.15) is 0 Å². The Morgan fingerprint density at radius 1 is 0.875 bits per heavy atom. The molecule has 0 bridgehead atoms. The summed E-state index contributed by atoms with van der Waals surface area (Å²) in [6, 6.07) is 0.390. The minimum atomic E-state index is 0.388. The summed E-state index contributed by atoms with van der Waals surface area (Å²) in [5.74, 6) is 0. The third-order valence-electron chi connectivity index (χ3n) is 4.04. The van der Waals surface area contributed by atoms with Gasteiger partial charge >= 0.3 is 0 Å². The highest BCUT2D eigenvalue weighted by Gasteiger charge is 2.29. The molecule has 2 N–H and O–H groups in total. The van der Waals surface area contributed by atoms with Gasteiger partial charge < -0.3 is 5.73 Å². The molecular formula is C15H33N. The maximum Gasteiger partial charge on any atom is 0.00902 e. The monoisotopic (exact) mass is 227 g/mol. The molecule has 1 unspecified atom stereocenters.